The minimum absolute atomic E-state index is 0.943. The number of benzene rings is 8. The second kappa shape index (κ2) is 10.4. The molecule has 0 N–H and O–H groups in total. The number of aromatic nitrogens is 3. The van der Waals surface area contributed by atoms with E-state index in [0.717, 1.165) is 27.8 Å². The van der Waals surface area contributed by atoms with E-state index in [1.54, 1.807) is 0 Å². The van der Waals surface area contributed by atoms with Crippen LogP contribution in [0.2, 0.25) is 0 Å². The van der Waals surface area contributed by atoms with E-state index in [0.29, 0.717) is 0 Å². The van der Waals surface area contributed by atoms with Gasteiger partial charge in [-0.3, -0.25) is 4.57 Å². The van der Waals surface area contributed by atoms with Crippen molar-refractivity contribution in [2.24, 2.45) is 0 Å². The van der Waals surface area contributed by atoms with Gasteiger partial charge in [0.05, 0.1) is 22.1 Å². The molecule has 50 heavy (non-hydrogen) atoms. The molecule has 0 saturated carbocycles. The molecule has 0 bridgehead atoms. The Balaban J connectivity index is 1.16. The van der Waals surface area contributed by atoms with Crippen LogP contribution in [0.1, 0.15) is 0 Å². The first-order valence-electron chi connectivity index (χ1n) is 17.1. The summed E-state index contributed by atoms with van der Waals surface area (Å²) in [5.74, 6) is 0.943. The first kappa shape index (κ1) is 27.3. The lowest BCUT2D eigenvalue weighted by Gasteiger charge is -2.14. The largest absolute Gasteiger partial charge is 0.309 e. The highest BCUT2D eigenvalue weighted by Gasteiger charge is 2.20. The molecule has 0 fully saturated rings. The first-order chi connectivity index (χ1) is 24.8. The van der Waals surface area contributed by atoms with Gasteiger partial charge in [-0.1, -0.05) is 121 Å². The van der Waals surface area contributed by atoms with Crippen molar-refractivity contribution in [2.75, 3.05) is 0 Å². The third-order valence-electron chi connectivity index (χ3n) is 10.5. The van der Waals surface area contributed by atoms with Crippen molar-refractivity contribution >= 4 is 65.2 Å². The number of fused-ring (bicyclic) bond motifs is 4. The highest BCUT2D eigenvalue weighted by Crippen LogP contribution is 2.43. The third-order valence-corrected chi connectivity index (χ3v) is 10.5. The molecule has 0 aliphatic rings. The summed E-state index contributed by atoms with van der Waals surface area (Å²) in [6, 6.07) is 61.5. The molecule has 232 valence electrons. The summed E-state index contributed by atoms with van der Waals surface area (Å²) in [7, 11) is 0. The molecule has 0 saturated heterocycles. The smallest absolute Gasteiger partial charge is 0.145 e. The van der Waals surface area contributed by atoms with Crippen LogP contribution >= 0.6 is 0 Å². The molecule has 3 aromatic heterocycles. The summed E-state index contributed by atoms with van der Waals surface area (Å²) < 4.78 is 4.77. The molecule has 3 heteroatoms. The molecule has 11 aromatic rings. The summed E-state index contributed by atoms with van der Waals surface area (Å²) in [4.78, 5) is 5.18. The molecule has 3 nitrogen and oxygen atoms in total. The summed E-state index contributed by atoms with van der Waals surface area (Å²) in [5.41, 5.74) is 10.6. The van der Waals surface area contributed by atoms with Crippen LogP contribution in [0.5, 0.6) is 0 Å². The SMILES string of the molecule is c1ccc(-c2cnc(-n3c4ccccc4c4cc(-c5cc6ccc7cccc8c7c6c(c5)n8-c5ccccc5)ccc43)c3ccccc23)cc1. The Kier molecular flexibility index (Phi) is 5.67. The van der Waals surface area contributed by atoms with Gasteiger partial charge < -0.3 is 4.57 Å². The highest BCUT2D eigenvalue weighted by atomic mass is 15.1. The number of para-hydroxylation sites is 2. The molecule has 0 aliphatic carbocycles. The van der Waals surface area contributed by atoms with Crippen LogP contribution in [-0.2, 0) is 0 Å². The lowest BCUT2D eigenvalue weighted by Crippen LogP contribution is -1.99. The average molecular weight is 636 g/mol. The second-order valence-corrected chi connectivity index (χ2v) is 13.2. The Bertz CT molecular complexity index is 3080. The molecule has 0 aliphatic heterocycles. The summed E-state index contributed by atoms with van der Waals surface area (Å²) >= 11 is 0. The predicted octanol–water partition coefficient (Wildman–Crippen LogP) is 12.4. The van der Waals surface area contributed by atoms with Gasteiger partial charge in [-0.15, -0.1) is 0 Å². The molecule has 0 radical (unpaired) electrons. The monoisotopic (exact) mass is 635 g/mol. The Labute approximate surface area is 288 Å². The van der Waals surface area contributed by atoms with E-state index in [2.05, 4.69) is 179 Å². The molecular formula is C47H29N3. The highest BCUT2D eigenvalue weighted by molar-refractivity contribution is 6.25. The van der Waals surface area contributed by atoms with Gasteiger partial charge in [0.15, 0.2) is 0 Å². The van der Waals surface area contributed by atoms with Crippen LogP contribution in [0.3, 0.4) is 0 Å². The van der Waals surface area contributed by atoms with E-state index in [4.69, 9.17) is 4.98 Å². The molecule has 0 unspecified atom stereocenters. The van der Waals surface area contributed by atoms with Crippen LogP contribution < -0.4 is 0 Å². The van der Waals surface area contributed by atoms with Gasteiger partial charge >= 0.3 is 0 Å². The lowest BCUT2D eigenvalue weighted by molar-refractivity contribution is 1.10. The van der Waals surface area contributed by atoms with Crippen LogP contribution in [-0.4, -0.2) is 14.1 Å². The summed E-state index contributed by atoms with van der Waals surface area (Å²) in [6.45, 7) is 0. The fraction of sp³-hybridized carbons (Fsp3) is 0. The van der Waals surface area contributed by atoms with E-state index < -0.39 is 0 Å². The van der Waals surface area contributed by atoms with Crippen LogP contribution in [0, 0.1) is 0 Å². The quantitative estimate of drug-likeness (QED) is 0.176. The maximum atomic E-state index is 5.18. The van der Waals surface area contributed by atoms with Crippen LogP contribution in [0.4, 0.5) is 0 Å². The minimum Gasteiger partial charge on any atom is -0.309 e. The Hall–Kier alpha value is -6.71. The van der Waals surface area contributed by atoms with E-state index in [-0.39, 0.29) is 0 Å². The van der Waals surface area contributed by atoms with Crippen molar-refractivity contribution in [1.82, 2.24) is 14.1 Å². The Morgan fingerprint density at radius 3 is 1.90 bits per heavy atom. The van der Waals surface area contributed by atoms with Gasteiger partial charge in [0, 0.05) is 44.4 Å². The van der Waals surface area contributed by atoms with Crippen molar-refractivity contribution in [2.45, 2.75) is 0 Å². The fourth-order valence-corrected chi connectivity index (χ4v) is 8.30. The predicted molar refractivity (Wildman–Crippen MR) is 210 cm³/mol. The summed E-state index contributed by atoms with van der Waals surface area (Å²) in [5, 5.41) is 9.93. The Morgan fingerprint density at radius 1 is 0.360 bits per heavy atom. The van der Waals surface area contributed by atoms with Crippen LogP contribution in [0.15, 0.2) is 176 Å². The van der Waals surface area contributed by atoms with Crippen molar-refractivity contribution < 1.29 is 0 Å². The van der Waals surface area contributed by atoms with Gasteiger partial charge in [-0.25, -0.2) is 4.98 Å². The molecule has 11 rings (SSSR count). The number of rotatable bonds is 4. The second-order valence-electron chi connectivity index (χ2n) is 13.2. The molecule has 0 atom stereocenters. The van der Waals surface area contributed by atoms with Crippen molar-refractivity contribution in [1.29, 1.82) is 0 Å². The third kappa shape index (κ3) is 3.83. The molecule has 3 heterocycles. The normalized spacial score (nSPS) is 12.0. The zero-order valence-corrected chi connectivity index (χ0v) is 27.1. The number of hydrogen-bond acceptors (Lipinski definition) is 1. The molecule has 0 amide bonds. The van der Waals surface area contributed by atoms with Crippen LogP contribution in [0.25, 0.3) is 98.9 Å². The zero-order chi connectivity index (χ0) is 32.8. The number of pyridine rings is 1. The zero-order valence-electron chi connectivity index (χ0n) is 27.1. The van der Waals surface area contributed by atoms with Crippen molar-refractivity contribution in [3.8, 4) is 33.8 Å². The minimum atomic E-state index is 0.943. The van der Waals surface area contributed by atoms with E-state index in [1.165, 1.54) is 71.1 Å². The lowest BCUT2D eigenvalue weighted by atomic mass is 9.96. The fourth-order valence-electron chi connectivity index (χ4n) is 8.30. The number of hydrogen-bond donors (Lipinski definition) is 0. The van der Waals surface area contributed by atoms with Gasteiger partial charge in [0.1, 0.15) is 5.82 Å². The molecule has 8 aromatic carbocycles. The van der Waals surface area contributed by atoms with Crippen molar-refractivity contribution in [3.05, 3.63) is 176 Å². The molecule has 0 spiro atoms. The standard InChI is InChI=1S/C47H29N3/c1-3-12-30(13-4-1)40-29-48-47(38-19-8-7-17-36(38)40)50-41-20-10-9-18-37(41)39-27-32(24-25-42(39)50)34-26-33-23-22-31-14-11-21-43-45(31)46(33)44(28-34)49(43)35-15-5-2-6-16-35/h1-29H. The average Bonchev–Trinajstić information content (AvgIpc) is 3.70. The number of nitrogens with zero attached hydrogens (tertiary/aromatic N) is 3. The van der Waals surface area contributed by atoms with Gasteiger partial charge in [-0.2, -0.15) is 0 Å². The van der Waals surface area contributed by atoms with E-state index >= 15 is 0 Å². The summed E-state index contributed by atoms with van der Waals surface area (Å²) in [6.07, 6.45) is 2.04. The maximum Gasteiger partial charge on any atom is 0.145 e. The maximum absolute atomic E-state index is 5.18. The van der Waals surface area contributed by atoms with Gasteiger partial charge in [0.25, 0.3) is 0 Å². The van der Waals surface area contributed by atoms with E-state index in [9.17, 15) is 0 Å². The van der Waals surface area contributed by atoms with E-state index in [1.807, 2.05) is 6.20 Å². The first-order valence-corrected chi connectivity index (χ1v) is 17.1. The van der Waals surface area contributed by atoms with Gasteiger partial charge in [-0.05, 0) is 81.4 Å². The van der Waals surface area contributed by atoms with Gasteiger partial charge in [0.2, 0.25) is 0 Å². The van der Waals surface area contributed by atoms with Crippen molar-refractivity contribution in [3.63, 3.8) is 0 Å². The Morgan fingerprint density at radius 2 is 1.04 bits per heavy atom. The topological polar surface area (TPSA) is 22.8 Å². The molecular weight excluding hydrogens is 607 g/mol.